The van der Waals surface area contributed by atoms with Gasteiger partial charge in [-0.3, -0.25) is 0 Å². The number of hydrogen-bond donors (Lipinski definition) is 2. The van der Waals surface area contributed by atoms with Gasteiger partial charge in [-0.1, -0.05) is 0 Å². The molecule has 0 amide bonds. The Morgan fingerprint density at radius 3 is 2.90 bits per heavy atom. The van der Waals surface area contributed by atoms with Crippen molar-refractivity contribution in [3.8, 4) is 5.75 Å². The van der Waals surface area contributed by atoms with Gasteiger partial charge >= 0.3 is 0 Å². The number of nitrogens with two attached hydrogens (primary N) is 2. The number of aliphatic imine (C=N–C) groups is 1. The van der Waals surface area contributed by atoms with Crippen LogP contribution in [0.15, 0.2) is 17.1 Å². The monoisotopic (exact) mass is 283 g/mol. The molecule has 0 bridgehead atoms. The van der Waals surface area contributed by atoms with E-state index in [0.29, 0.717) is 6.42 Å². The van der Waals surface area contributed by atoms with Gasteiger partial charge in [0.25, 0.3) is 6.02 Å². The quantitative estimate of drug-likeness (QED) is 0.819. The standard InChI is InChI=1S/C13H15F2N3O2/c1-19-11-8(2-6(16)3-9(11)15)13(5-14)7-4-10(7)20-12(17)18-13/h2-3,7,10H,4-5,16H2,1H3,(H2,17,18)/t7-,10+,13-/m0/s1. The highest BCUT2D eigenvalue weighted by atomic mass is 19.1. The number of rotatable bonds is 3. The first-order valence-corrected chi connectivity index (χ1v) is 6.23. The van der Waals surface area contributed by atoms with Crippen molar-refractivity contribution in [1.82, 2.24) is 0 Å². The van der Waals surface area contributed by atoms with Gasteiger partial charge in [-0.25, -0.2) is 13.8 Å². The first-order valence-electron chi connectivity index (χ1n) is 6.23. The summed E-state index contributed by atoms with van der Waals surface area (Å²) in [6.07, 6.45) is 0.436. The molecule has 20 heavy (non-hydrogen) atoms. The van der Waals surface area contributed by atoms with Crippen molar-refractivity contribution in [2.45, 2.75) is 18.1 Å². The number of amidine groups is 1. The average molecular weight is 283 g/mol. The second-order valence-corrected chi connectivity index (χ2v) is 5.09. The second kappa shape index (κ2) is 4.22. The summed E-state index contributed by atoms with van der Waals surface area (Å²) in [7, 11) is 1.32. The number of nitrogens with zero attached hydrogens (tertiary/aromatic N) is 1. The summed E-state index contributed by atoms with van der Waals surface area (Å²) in [4.78, 5) is 4.11. The fraction of sp³-hybridized carbons (Fsp3) is 0.462. The molecule has 2 aliphatic rings. The Bertz CT molecular complexity index is 593. The molecule has 0 unspecified atom stereocenters. The topological polar surface area (TPSA) is 82.9 Å². The molecule has 0 aromatic heterocycles. The summed E-state index contributed by atoms with van der Waals surface area (Å²) in [5.74, 6) is -0.886. The molecule has 3 atom stereocenters. The summed E-state index contributed by atoms with van der Waals surface area (Å²) in [5, 5.41) is 0. The largest absolute Gasteiger partial charge is 0.493 e. The van der Waals surface area contributed by atoms with Crippen molar-refractivity contribution in [2.75, 3.05) is 19.5 Å². The number of alkyl halides is 1. The molecular formula is C13H15F2N3O2. The fourth-order valence-corrected chi connectivity index (χ4v) is 2.87. The summed E-state index contributed by atoms with van der Waals surface area (Å²) in [5.41, 5.74) is 10.4. The van der Waals surface area contributed by atoms with Crippen LogP contribution in [-0.2, 0) is 10.3 Å². The zero-order chi connectivity index (χ0) is 14.5. The number of benzene rings is 1. The van der Waals surface area contributed by atoms with E-state index in [-0.39, 0.29) is 35.0 Å². The lowest BCUT2D eigenvalue weighted by Gasteiger charge is -2.32. The lowest BCUT2D eigenvalue weighted by atomic mass is 9.85. The summed E-state index contributed by atoms with van der Waals surface area (Å²) >= 11 is 0. The van der Waals surface area contributed by atoms with Crippen molar-refractivity contribution >= 4 is 11.7 Å². The van der Waals surface area contributed by atoms with E-state index in [4.69, 9.17) is 20.9 Å². The van der Waals surface area contributed by atoms with Gasteiger partial charge in [0.2, 0.25) is 0 Å². The van der Waals surface area contributed by atoms with Crippen LogP contribution >= 0.6 is 0 Å². The van der Waals surface area contributed by atoms with E-state index in [9.17, 15) is 8.78 Å². The molecule has 1 aromatic carbocycles. The predicted octanol–water partition coefficient (Wildman–Crippen LogP) is 1.31. The maximum absolute atomic E-state index is 14.0. The van der Waals surface area contributed by atoms with E-state index in [1.54, 1.807) is 0 Å². The van der Waals surface area contributed by atoms with Crippen LogP contribution in [0.3, 0.4) is 0 Å². The Morgan fingerprint density at radius 1 is 1.50 bits per heavy atom. The zero-order valence-electron chi connectivity index (χ0n) is 10.9. The third kappa shape index (κ3) is 1.69. The molecular weight excluding hydrogens is 268 g/mol. The zero-order valence-corrected chi connectivity index (χ0v) is 10.9. The van der Waals surface area contributed by atoms with E-state index in [0.717, 1.165) is 6.07 Å². The fourth-order valence-electron chi connectivity index (χ4n) is 2.87. The van der Waals surface area contributed by atoms with Gasteiger partial charge in [-0.15, -0.1) is 0 Å². The van der Waals surface area contributed by atoms with Crippen LogP contribution in [0.2, 0.25) is 0 Å². The average Bonchev–Trinajstić information content (AvgIpc) is 3.16. The minimum Gasteiger partial charge on any atom is -0.493 e. The third-order valence-electron chi connectivity index (χ3n) is 3.87. The molecule has 1 saturated carbocycles. The van der Waals surface area contributed by atoms with Crippen LogP contribution in [0.25, 0.3) is 0 Å². The Morgan fingerprint density at radius 2 is 2.25 bits per heavy atom. The van der Waals surface area contributed by atoms with Crippen LogP contribution in [0.1, 0.15) is 12.0 Å². The minimum atomic E-state index is -1.28. The van der Waals surface area contributed by atoms with Gasteiger partial charge in [0.15, 0.2) is 11.6 Å². The molecule has 5 nitrogen and oxygen atoms in total. The summed E-state index contributed by atoms with van der Waals surface area (Å²) in [6.45, 7) is -0.822. The molecule has 1 aliphatic heterocycles. The highest BCUT2D eigenvalue weighted by molar-refractivity contribution is 5.74. The summed E-state index contributed by atoms with van der Waals surface area (Å²) in [6, 6.07) is 2.52. The molecule has 108 valence electrons. The van der Waals surface area contributed by atoms with Crippen molar-refractivity contribution in [3.05, 3.63) is 23.5 Å². The number of ether oxygens (including phenoxy) is 2. The molecule has 1 heterocycles. The minimum absolute atomic E-state index is 0.0547. The Hall–Kier alpha value is -2.05. The van der Waals surface area contributed by atoms with Crippen molar-refractivity contribution in [3.63, 3.8) is 0 Å². The number of hydrogen-bond acceptors (Lipinski definition) is 5. The van der Waals surface area contributed by atoms with Crippen LogP contribution in [-0.4, -0.2) is 25.9 Å². The highest BCUT2D eigenvalue weighted by Gasteiger charge is 2.60. The first kappa shape index (κ1) is 13.0. The first-order chi connectivity index (χ1) is 9.51. The Balaban J connectivity index is 2.22. The Kier molecular flexibility index (Phi) is 2.74. The predicted molar refractivity (Wildman–Crippen MR) is 69.6 cm³/mol. The van der Waals surface area contributed by atoms with Crippen molar-refractivity contribution in [2.24, 2.45) is 16.6 Å². The molecule has 1 aromatic rings. The van der Waals surface area contributed by atoms with Gasteiger partial charge in [-0.05, 0) is 12.5 Å². The number of anilines is 1. The van der Waals surface area contributed by atoms with Crippen LogP contribution in [0.5, 0.6) is 5.75 Å². The van der Waals surface area contributed by atoms with E-state index in [2.05, 4.69) is 4.99 Å². The highest BCUT2D eigenvalue weighted by Crippen LogP contribution is 2.55. The molecule has 0 radical (unpaired) electrons. The molecule has 7 heteroatoms. The molecule has 4 N–H and O–H groups in total. The Labute approximate surface area is 114 Å². The molecule has 0 spiro atoms. The van der Waals surface area contributed by atoms with Crippen molar-refractivity contribution < 1.29 is 18.3 Å². The van der Waals surface area contributed by atoms with E-state index < -0.39 is 18.0 Å². The van der Waals surface area contributed by atoms with E-state index in [1.165, 1.54) is 13.2 Å². The third-order valence-corrected chi connectivity index (χ3v) is 3.87. The van der Waals surface area contributed by atoms with E-state index >= 15 is 0 Å². The molecule has 3 rings (SSSR count). The van der Waals surface area contributed by atoms with Gasteiger partial charge < -0.3 is 20.9 Å². The summed E-state index contributed by atoms with van der Waals surface area (Å²) < 4.78 is 38.1. The maximum Gasteiger partial charge on any atom is 0.283 e. The molecule has 1 aliphatic carbocycles. The van der Waals surface area contributed by atoms with Crippen LogP contribution in [0, 0.1) is 11.7 Å². The van der Waals surface area contributed by atoms with Gasteiger partial charge in [-0.2, -0.15) is 0 Å². The maximum atomic E-state index is 14.0. The molecule has 1 fully saturated rings. The smallest absolute Gasteiger partial charge is 0.283 e. The van der Waals surface area contributed by atoms with Gasteiger partial charge in [0.05, 0.1) is 7.11 Å². The van der Waals surface area contributed by atoms with Crippen molar-refractivity contribution in [1.29, 1.82) is 0 Å². The van der Waals surface area contributed by atoms with Crippen LogP contribution in [0.4, 0.5) is 14.5 Å². The number of halogens is 2. The number of fused-ring (bicyclic) bond motifs is 1. The lowest BCUT2D eigenvalue weighted by molar-refractivity contribution is 0.167. The van der Waals surface area contributed by atoms with E-state index in [1.807, 2.05) is 0 Å². The van der Waals surface area contributed by atoms with Crippen LogP contribution < -0.4 is 16.2 Å². The SMILES string of the molecule is COc1c(F)cc(N)cc1[C@@]1(CF)N=C(N)O[C@@H]2C[C@@H]21. The number of nitrogen functional groups attached to an aromatic ring is 1. The normalized spacial score (nSPS) is 31.1. The molecule has 0 saturated heterocycles. The lowest BCUT2D eigenvalue weighted by Crippen LogP contribution is -2.39. The second-order valence-electron chi connectivity index (χ2n) is 5.09. The number of methoxy groups -OCH3 is 1. The van der Waals surface area contributed by atoms with Gasteiger partial charge in [0, 0.05) is 23.2 Å². The van der Waals surface area contributed by atoms with Gasteiger partial charge in [0.1, 0.15) is 18.3 Å².